The maximum absolute atomic E-state index is 11.0. The molecule has 0 saturated carbocycles. The highest BCUT2D eigenvalue weighted by atomic mass is 16.6. The molecule has 0 aromatic heterocycles. The van der Waals surface area contributed by atoms with Gasteiger partial charge in [0.15, 0.2) is 17.6 Å². The maximum Gasteiger partial charge on any atom is 0.303 e. The molecule has 0 spiro atoms. The van der Waals surface area contributed by atoms with Crippen molar-refractivity contribution in [3.8, 4) is 11.5 Å². The molecule has 2 atom stereocenters. The summed E-state index contributed by atoms with van der Waals surface area (Å²) < 4.78 is 15.4. The summed E-state index contributed by atoms with van der Waals surface area (Å²) in [5.41, 5.74) is 0.651. The van der Waals surface area contributed by atoms with E-state index in [0.29, 0.717) is 17.1 Å². The van der Waals surface area contributed by atoms with Gasteiger partial charge in [-0.2, -0.15) is 0 Å². The second-order valence-corrected chi connectivity index (χ2v) is 3.89. The Kier molecular flexibility index (Phi) is 4.97. The average Bonchev–Trinajstić information content (AvgIpc) is 2.34. The summed E-state index contributed by atoms with van der Waals surface area (Å²) in [5.74, 6) is 0.650. The number of ether oxygens (including phenoxy) is 3. The molecule has 0 aliphatic heterocycles. The monoisotopic (exact) mass is 254 g/mol. The molecule has 5 heteroatoms. The summed E-state index contributed by atoms with van der Waals surface area (Å²) in [7, 11) is 3.06. The molecule has 1 aromatic carbocycles. The first-order valence-electron chi connectivity index (χ1n) is 5.56. The van der Waals surface area contributed by atoms with E-state index in [2.05, 4.69) is 0 Å². The van der Waals surface area contributed by atoms with E-state index in [-0.39, 0.29) is 0 Å². The van der Waals surface area contributed by atoms with Crippen LogP contribution in [0.4, 0.5) is 0 Å². The number of benzene rings is 1. The lowest BCUT2D eigenvalue weighted by atomic mass is 10.0. The van der Waals surface area contributed by atoms with Crippen LogP contribution in [0.1, 0.15) is 25.5 Å². The van der Waals surface area contributed by atoms with Crippen molar-refractivity contribution in [3.05, 3.63) is 23.8 Å². The van der Waals surface area contributed by atoms with Gasteiger partial charge >= 0.3 is 5.97 Å². The van der Waals surface area contributed by atoms with Crippen LogP contribution in [0, 0.1) is 0 Å². The van der Waals surface area contributed by atoms with Crippen molar-refractivity contribution in [2.45, 2.75) is 26.1 Å². The number of esters is 1. The molecule has 0 aliphatic rings. The van der Waals surface area contributed by atoms with Crippen LogP contribution in [0.25, 0.3) is 0 Å². The topological polar surface area (TPSA) is 65.0 Å². The van der Waals surface area contributed by atoms with Gasteiger partial charge in [-0.25, -0.2) is 0 Å². The highest BCUT2D eigenvalue weighted by Gasteiger charge is 2.22. The van der Waals surface area contributed by atoms with Crippen LogP contribution in [0.15, 0.2) is 18.2 Å². The Labute approximate surface area is 106 Å². The van der Waals surface area contributed by atoms with Crippen LogP contribution in [0.3, 0.4) is 0 Å². The Morgan fingerprint density at radius 1 is 1.22 bits per heavy atom. The fourth-order valence-electron chi connectivity index (χ4n) is 1.65. The normalized spacial score (nSPS) is 13.6. The second-order valence-electron chi connectivity index (χ2n) is 3.89. The largest absolute Gasteiger partial charge is 0.493 e. The second kappa shape index (κ2) is 6.26. The predicted octanol–water partition coefficient (Wildman–Crippen LogP) is 1.69. The van der Waals surface area contributed by atoms with Gasteiger partial charge in [-0.05, 0) is 24.6 Å². The number of hydrogen-bond acceptors (Lipinski definition) is 5. The van der Waals surface area contributed by atoms with Gasteiger partial charge < -0.3 is 19.3 Å². The van der Waals surface area contributed by atoms with Crippen LogP contribution in [0.5, 0.6) is 11.5 Å². The zero-order chi connectivity index (χ0) is 13.7. The molecule has 0 bridgehead atoms. The predicted molar refractivity (Wildman–Crippen MR) is 65.7 cm³/mol. The van der Waals surface area contributed by atoms with E-state index in [0.717, 1.165) is 0 Å². The number of carbonyl (C=O) groups excluding carboxylic acids is 1. The van der Waals surface area contributed by atoms with Crippen LogP contribution in [0.2, 0.25) is 0 Å². The first-order valence-corrected chi connectivity index (χ1v) is 5.56. The summed E-state index contributed by atoms with van der Waals surface area (Å²) in [6.45, 7) is 2.86. The van der Waals surface area contributed by atoms with E-state index in [1.165, 1.54) is 21.1 Å². The summed E-state index contributed by atoms with van der Waals surface area (Å²) in [4.78, 5) is 11.0. The third kappa shape index (κ3) is 3.37. The Morgan fingerprint density at radius 2 is 1.83 bits per heavy atom. The van der Waals surface area contributed by atoms with E-state index < -0.39 is 18.2 Å². The first-order chi connectivity index (χ1) is 8.49. The van der Waals surface area contributed by atoms with Crippen LogP contribution < -0.4 is 9.47 Å². The number of carbonyl (C=O) groups is 1. The van der Waals surface area contributed by atoms with E-state index in [9.17, 15) is 9.90 Å². The standard InChI is InChI=1S/C13H18O5/c1-8(14)13(18-9(2)15)10-5-6-11(16-3)12(7-10)17-4/h5-8,13-14H,1-4H3. The minimum atomic E-state index is -0.813. The molecule has 0 fully saturated rings. The summed E-state index contributed by atoms with van der Waals surface area (Å²) in [6, 6.07) is 5.11. The third-order valence-corrected chi connectivity index (χ3v) is 2.47. The quantitative estimate of drug-likeness (QED) is 0.810. The van der Waals surface area contributed by atoms with Gasteiger partial charge in [-0.15, -0.1) is 0 Å². The molecule has 100 valence electrons. The molecule has 1 aromatic rings. The SMILES string of the molecule is COc1ccc(C(OC(C)=O)C(C)O)cc1OC. The van der Waals surface area contributed by atoms with Crippen LogP contribution in [-0.4, -0.2) is 31.4 Å². The molecule has 0 saturated heterocycles. The number of methoxy groups -OCH3 is 2. The zero-order valence-corrected chi connectivity index (χ0v) is 11.0. The minimum absolute atomic E-state index is 0.448. The van der Waals surface area contributed by atoms with Gasteiger partial charge in [0.1, 0.15) is 0 Å². The summed E-state index contributed by atoms with van der Waals surface area (Å²) >= 11 is 0. The van der Waals surface area contributed by atoms with E-state index in [4.69, 9.17) is 14.2 Å². The molecular weight excluding hydrogens is 236 g/mol. The molecule has 0 aliphatic carbocycles. The highest BCUT2D eigenvalue weighted by molar-refractivity contribution is 5.66. The van der Waals surface area contributed by atoms with Gasteiger partial charge in [-0.3, -0.25) is 4.79 Å². The van der Waals surface area contributed by atoms with Crippen molar-refractivity contribution in [2.24, 2.45) is 0 Å². The van der Waals surface area contributed by atoms with Crippen molar-refractivity contribution in [3.63, 3.8) is 0 Å². The molecule has 1 rings (SSSR count). The first kappa shape index (κ1) is 14.3. The van der Waals surface area contributed by atoms with Gasteiger partial charge in [0.05, 0.1) is 20.3 Å². The van der Waals surface area contributed by atoms with Crippen LogP contribution in [-0.2, 0) is 9.53 Å². The number of hydrogen-bond donors (Lipinski definition) is 1. The molecule has 2 unspecified atom stereocenters. The molecule has 0 radical (unpaired) electrons. The van der Waals surface area contributed by atoms with Gasteiger partial charge in [-0.1, -0.05) is 6.07 Å². The summed E-state index contributed by atoms with van der Waals surface area (Å²) in [5, 5.41) is 9.66. The molecule has 18 heavy (non-hydrogen) atoms. The highest BCUT2D eigenvalue weighted by Crippen LogP contribution is 2.32. The zero-order valence-electron chi connectivity index (χ0n) is 11.0. The van der Waals surface area contributed by atoms with E-state index >= 15 is 0 Å². The van der Waals surface area contributed by atoms with Crippen molar-refractivity contribution in [2.75, 3.05) is 14.2 Å². The van der Waals surface area contributed by atoms with Crippen LogP contribution >= 0.6 is 0 Å². The molecule has 1 N–H and O–H groups in total. The molecule has 0 amide bonds. The van der Waals surface area contributed by atoms with Gasteiger partial charge in [0, 0.05) is 6.92 Å². The molecule has 0 heterocycles. The third-order valence-electron chi connectivity index (χ3n) is 2.47. The van der Waals surface area contributed by atoms with Crippen molar-refractivity contribution >= 4 is 5.97 Å². The smallest absolute Gasteiger partial charge is 0.303 e. The Morgan fingerprint density at radius 3 is 2.28 bits per heavy atom. The maximum atomic E-state index is 11.0. The Bertz CT molecular complexity index is 414. The number of aliphatic hydroxyl groups is 1. The van der Waals surface area contributed by atoms with E-state index in [1.807, 2.05) is 0 Å². The fraction of sp³-hybridized carbons (Fsp3) is 0.462. The van der Waals surface area contributed by atoms with Gasteiger partial charge in [0.2, 0.25) is 0 Å². The minimum Gasteiger partial charge on any atom is -0.493 e. The lowest BCUT2D eigenvalue weighted by molar-refractivity contribution is -0.152. The van der Waals surface area contributed by atoms with Crippen molar-refractivity contribution in [1.29, 1.82) is 0 Å². The fourth-order valence-corrected chi connectivity index (χ4v) is 1.65. The molecule has 5 nitrogen and oxygen atoms in total. The summed E-state index contributed by atoms with van der Waals surface area (Å²) in [6.07, 6.45) is -1.53. The van der Waals surface area contributed by atoms with Crippen molar-refractivity contribution < 1.29 is 24.1 Å². The Balaban J connectivity index is 3.09. The number of rotatable bonds is 5. The van der Waals surface area contributed by atoms with Gasteiger partial charge in [0.25, 0.3) is 0 Å². The lowest BCUT2D eigenvalue weighted by Gasteiger charge is -2.21. The lowest BCUT2D eigenvalue weighted by Crippen LogP contribution is -2.20. The average molecular weight is 254 g/mol. The molecular formula is C13H18O5. The van der Waals surface area contributed by atoms with Crippen molar-refractivity contribution in [1.82, 2.24) is 0 Å². The number of aliphatic hydroxyl groups excluding tert-OH is 1. The van der Waals surface area contributed by atoms with E-state index in [1.54, 1.807) is 25.1 Å². The Hall–Kier alpha value is -1.75.